The predicted octanol–water partition coefficient (Wildman–Crippen LogP) is 0.645. The molecule has 0 spiro atoms. The minimum atomic E-state index is -0.336. The van der Waals surface area contributed by atoms with Crippen LogP contribution in [0.15, 0.2) is 0 Å². The molecule has 0 N–H and O–H groups in total. The second-order valence-electron chi connectivity index (χ2n) is 2.81. The van der Waals surface area contributed by atoms with Crippen LogP contribution in [0.25, 0.3) is 0 Å². The van der Waals surface area contributed by atoms with E-state index in [-0.39, 0.29) is 24.6 Å². The first kappa shape index (κ1) is 9.03. The zero-order valence-electron chi connectivity index (χ0n) is 7.04. The Labute approximate surface area is 70.8 Å². The lowest BCUT2D eigenvalue weighted by molar-refractivity contribution is -0.162. The summed E-state index contributed by atoms with van der Waals surface area (Å²) in [6.07, 6.45) is 1.87. The monoisotopic (exact) mass is 172 g/mol. The second-order valence-corrected chi connectivity index (χ2v) is 2.81. The number of ether oxygens (including phenoxy) is 2. The average molecular weight is 172 g/mol. The highest BCUT2D eigenvalue weighted by Crippen LogP contribution is 2.13. The van der Waals surface area contributed by atoms with Crippen LogP contribution in [-0.2, 0) is 19.1 Å². The molecule has 1 atom stereocenters. The van der Waals surface area contributed by atoms with Gasteiger partial charge in [-0.15, -0.1) is 0 Å². The molecule has 0 aromatic carbocycles. The molecule has 1 rings (SSSR count). The molecule has 0 bridgehead atoms. The number of esters is 2. The minimum Gasteiger partial charge on any atom is -0.462 e. The van der Waals surface area contributed by atoms with Gasteiger partial charge >= 0.3 is 11.9 Å². The van der Waals surface area contributed by atoms with Gasteiger partial charge in [-0.2, -0.15) is 0 Å². The summed E-state index contributed by atoms with van der Waals surface area (Å²) in [6.45, 7) is 1.53. The molecule has 68 valence electrons. The first-order chi connectivity index (χ1) is 5.68. The number of hydrogen-bond acceptors (Lipinski definition) is 4. The predicted molar refractivity (Wildman–Crippen MR) is 40.4 cm³/mol. The van der Waals surface area contributed by atoms with Crippen LogP contribution in [-0.4, -0.2) is 24.6 Å². The van der Waals surface area contributed by atoms with Gasteiger partial charge in [0.25, 0.3) is 0 Å². The fourth-order valence-electron chi connectivity index (χ4n) is 1.11. The third kappa shape index (κ3) is 2.90. The zero-order chi connectivity index (χ0) is 8.97. The molecule has 1 heterocycles. The smallest absolute Gasteiger partial charge is 0.306 e. The van der Waals surface area contributed by atoms with Crippen molar-refractivity contribution in [3.63, 3.8) is 0 Å². The minimum absolute atomic E-state index is 0.196. The van der Waals surface area contributed by atoms with Crippen LogP contribution in [0.5, 0.6) is 0 Å². The summed E-state index contributed by atoms with van der Waals surface area (Å²) in [5.74, 6) is -0.532. The molecule has 1 fully saturated rings. The van der Waals surface area contributed by atoms with Crippen molar-refractivity contribution in [2.75, 3.05) is 6.61 Å². The number of rotatable bonds is 2. The van der Waals surface area contributed by atoms with Gasteiger partial charge in [-0.3, -0.25) is 9.59 Å². The van der Waals surface area contributed by atoms with E-state index in [9.17, 15) is 9.59 Å². The Morgan fingerprint density at radius 2 is 2.50 bits per heavy atom. The summed E-state index contributed by atoms with van der Waals surface area (Å²) < 4.78 is 9.63. The quantitative estimate of drug-likeness (QED) is 0.574. The maximum atomic E-state index is 10.8. The summed E-state index contributed by atoms with van der Waals surface area (Å²) in [5, 5.41) is 0. The van der Waals surface area contributed by atoms with Gasteiger partial charge in [-0.25, -0.2) is 0 Å². The maximum Gasteiger partial charge on any atom is 0.306 e. The molecular weight excluding hydrogens is 160 g/mol. The summed E-state index contributed by atoms with van der Waals surface area (Å²) in [6, 6.07) is 0. The summed E-state index contributed by atoms with van der Waals surface area (Å²) in [5.41, 5.74) is 0. The molecule has 12 heavy (non-hydrogen) atoms. The Bertz CT molecular complexity index is 187. The summed E-state index contributed by atoms with van der Waals surface area (Å²) in [4.78, 5) is 21.2. The molecule has 0 aromatic heterocycles. The van der Waals surface area contributed by atoms with Gasteiger partial charge in [0.05, 0.1) is 0 Å². The van der Waals surface area contributed by atoms with Crippen LogP contribution in [0.4, 0.5) is 0 Å². The van der Waals surface area contributed by atoms with Crippen molar-refractivity contribution in [1.29, 1.82) is 0 Å². The van der Waals surface area contributed by atoms with Crippen molar-refractivity contribution in [3.05, 3.63) is 0 Å². The van der Waals surface area contributed by atoms with E-state index in [1.807, 2.05) is 0 Å². The number of hydrogen-bond donors (Lipinski definition) is 0. The zero-order valence-corrected chi connectivity index (χ0v) is 7.04. The van der Waals surface area contributed by atoms with Crippen molar-refractivity contribution in [3.8, 4) is 0 Å². The fraction of sp³-hybridized carbons (Fsp3) is 0.750. The van der Waals surface area contributed by atoms with Gasteiger partial charge in [-0.1, -0.05) is 0 Å². The summed E-state index contributed by atoms with van der Waals surface area (Å²) >= 11 is 0. The maximum absolute atomic E-state index is 10.8. The van der Waals surface area contributed by atoms with E-state index in [0.29, 0.717) is 6.42 Å². The van der Waals surface area contributed by atoms with Crippen molar-refractivity contribution in [1.82, 2.24) is 0 Å². The van der Waals surface area contributed by atoms with E-state index in [1.165, 1.54) is 6.92 Å². The van der Waals surface area contributed by atoms with Gasteiger partial charge in [-0.05, 0) is 12.8 Å². The van der Waals surface area contributed by atoms with Crippen LogP contribution in [0.1, 0.15) is 26.2 Å². The molecule has 4 heteroatoms. The van der Waals surface area contributed by atoms with Crippen molar-refractivity contribution >= 4 is 11.9 Å². The molecular formula is C8H12O4. The lowest BCUT2D eigenvalue weighted by Gasteiger charge is -2.21. The molecule has 0 amide bonds. The number of carbonyl (C=O) groups excluding carboxylic acids is 2. The molecule has 0 unspecified atom stereocenters. The van der Waals surface area contributed by atoms with E-state index in [1.54, 1.807) is 0 Å². The van der Waals surface area contributed by atoms with Crippen LogP contribution in [0.2, 0.25) is 0 Å². The Morgan fingerprint density at radius 1 is 1.75 bits per heavy atom. The van der Waals surface area contributed by atoms with Crippen LogP contribution >= 0.6 is 0 Å². The Hall–Kier alpha value is -1.06. The highest BCUT2D eigenvalue weighted by atomic mass is 16.6. The van der Waals surface area contributed by atoms with Crippen molar-refractivity contribution in [2.45, 2.75) is 32.3 Å². The third-order valence-corrected chi connectivity index (χ3v) is 1.68. The second kappa shape index (κ2) is 4.09. The van der Waals surface area contributed by atoms with Crippen LogP contribution < -0.4 is 0 Å². The molecule has 1 aliphatic rings. The molecule has 0 aliphatic carbocycles. The SMILES string of the molecule is CC(=O)OC[C@H]1CCCC(=O)O1. The van der Waals surface area contributed by atoms with Gasteiger partial charge in [0.2, 0.25) is 0 Å². The normalized spacial score (nSPS) is 23.1. The number of carbonyl (C=O) groups is 2. The molecule has 4 nitrogen and oxygen atoms in total. The van der Waals surface area contributed by atoms with Gasteiger partial charge < -0.3 is 9.47 Å². The number of cyclic esters (lactones) is 1. The average Bonchev–Trinajstić information content (AvgIpc) is 2.01. The molecule has 1 saturated heterocycles. The van der Waals surface area contributed by atoms with Gasteiger partial charge in [0, 0.05) is 13.3 Å². The highest BCUT2D eigenvalue weighted by Gasteiger charge is 2.20. The van der Waals surface area contributed by atoms with E-state index in [4.69, 9.17) is 9.47 Å². The first-order valence-corrected chi connectivity index (χ1v) is 4.01. The standard InChI is InChI=1S/C8H12O4/c1-6(9)11-5-7-3-2-4-8(10)12-7/h7H,2-5H2,1H3/t7-/m1/s1. The largest absolute Gasteiger partial charge is 0.462 e. The third-order valence-electron chi connectivity index (χ3n) is 1.68. The molecule has 0 radical (unpaired) electrons. The van der Waals surface area contributed by atoms with Crippen LogP contribution in [0.3, 0.4) is 0 Å². The Morgan fingerprint density at radius 3 is 3.08 bits per heavy atom. The Balaban J connectivity index is 2.23. The van der Waals surface area contributed by atoms with Crippen molar-refractivity contribution in [2.24, 2.45) is 0 Å². The summed E-state index contributed by atoms with van der Waals surface area (Å²) in [7, 11) is 0. The topological polar surface area (TPSA) is 52.6 Å². The first-order valence-electron chi connectivity index (χ1n) is 4.01. The molecule has 0 saturated carbocycles. The molecule has 1 aliphatic heterocycles. The van der Waals surface area contributed by atoms with Crippen molar-refractivity contribution < 1.29 is 19.1 Å². The highest BCUT2D eigenvalue weighted by molar-refractivity contribution is 5.70. The van der Waals surface area contributed by atoms with Gasteiger partial charge in [0.1, 0.15) is 12.7 Å². The molecule has 0 aromatic rings. The fourth-order valence-corrected chi connectivity index (χ4v) is 1.11. The van der Waals surface area contributed by atoms with Gasteiger partial charge in [0.15, 0.2) is 0 Å². The lowest BCUT2D eigenvalue weighted by Crippen LogP contribution is -2.28. The van der Waals surface area contributed by atoms with E-state index >= 15 is 0 Å². The van der Waals surface area contributed by atoms with E-state index in [0.717, 1.165) is 12.8 Å². The van der Waals surface area contributed by atoms with E-state index < -0.39 is 0 Å². The Kier molecular flexibility index (Phi) is 3.08. The lowest BCUT2D eigenvalue weighted by atomic mass is 10.1. The van der Waals surface area contributed by atoms with Crippen LogP contribution in [0, 0.1) is 0 Å². The van der Waals surface area contributed by atoms with E-state index in [2.05, 4.69) is 0 Å².